The van der Waals surface area contributed by atoms with E-state index in [-0.39, 0.29) is 31.0 Å². The molecule has 2 aliphatic rings. The molecule has 10 heteroatoms. The fourth-order valence-corrected chi connectivity index (χ4v) is 5.99. The topological polar surface area (TPSA) is 145 Å². The lowest BCUT2D eigenvalue weighted by atomic mass is 9.90. The van der Waals surface area contributed by atoms with E-state index in [0.717, 1.165) is 11.1 Å². The number of amides is 4. The van der Waals surface area contributed by atoms with Crippen molar-refractivity contribution in [3.05, 3.63) is 71.8 Å². The molecule has 0 aromatic heterocycles. The minimum Gasteiger partial charge on any atom is -0.386 e. The molecule has 0 bridgehead atoms. The minimum absolute atomic E-state index is 0.173. The summed E-state index contributed by atoms with van der Waals surface area (Å²) >= 11 is 0. The van der Waals surface area contributed by atoms with Crippen LogP contribution in [-0.4, -0.2) is 75.7 Å². The summed E-state index contributed by atoms with van der Waals surface area (Å²) in [5.41, 5.74) is 0.262. The molecule has 4 rings (SSSR count). The second kappa shape index (κ2) is 15.1. The summed E-state index contributed by atoms with van der Waals surface area (Å²) < 4.78 is 0. The van der Waals surface area contributed by atoms with Crippen molar-refractivity contribution in [2.24, 2.45) is 0 Å². The highest BCUT2D eigenvalue weighted by Gasteiger charge is 2.43. The zero-order valence-corrected chi connectivity index (χ0v) is 25.6. The quantitative estimate of drug-likeness (QED) is 0.290. The van der Waals surface area contributed by atoms with Gasteiger partial charge in [0.2, 0.25) is 23.6 Å². The van der Waals surface area contributed by atoms with Crippen LogP contribution in [-0.2, 0) is 36.8 Å². The number of Topliss-reactive ketones (excluding diaryl/α,β-unsaturated/α-hetero) is 1. The van der Waals surface area contributed by atoms with Gasteiger partial charge in [0.25, 0.3) is 0 Å². The van der Waals surface area contributed by atoms with E-state index in [0.29, 0.717) is 45.1 Å². The van der Waals surface area contributed by atoms with Crippen LogP contribution < -0.4 is 16.0 Å². The molecule has 44 heavy (non-hydrogen) atoms. The molecule has 0 aliphatic carbocycles. The number of ketones is 1. The first-order valence-electron chi connectivity index (χ1n) is 15.6. The third-order valence-electron chi connectivity index (χ3n) is 8.54. The molecule has 4 amide bonds. The van der Waals surface area contributed by atoms with Gasteiger partial charge >= 0.3 is 0 Å². The van der Waals surface area contributed by atoms with Crippen molar-refractivity contribution in [2.45, 2.75) is 101 Å². The van der Waals surface area contributed by atoms with Gasteiger partial charge in [-0.25, -0.2) is 0 Å². The Bertz CT molecular complexity index is 1320. The average molecular weight is 605 g/mol. The van der Waals surface area contributed by atoms with Crippen molar-refractivity contribution in [1.29, 1.82) is 0 Å². The number of rotatable bonds is 11. The van der Waals surface area contributed by atoms with Crippen LogP contribution in [0.3, 0.4) is 0 Å². The summed E-state index contributed by atoms with van der Waals surface area (Å²) in [4.78, 5) is 68.9. The summed E-state index contributed by atoms with van der Waals surface area (Å²) in [7, 11) is 0. The summed E-state index contributed by atoms with van der Waals surface area (Å²) in [6, 6.07) is 16.1. The smallest absolute Gasteiger partial charge is 0.246 e. The molecule has 2 heterocycles. The highest BCUT2D eigenvalue weighted by Crippen LogP contribution is 2.23. The molecular formula is C34H44N4O6. The van der Waals surface area contributed by atoms with Crippen molar-refractivity contribution in [3.8, 4) is 0 Å². The van der Waals surface area contributed by atoms with Gasteiger partial charge in [-0.2, -0.15) is 0 Å². The number of fused-ring (bicyclic) bond motifs is 1. The lowest BCUT2D eigenvalue weighted by molar-refractivity contribution is -0.144. The van der Waals surface area contributed by atoms with Crippen LogP contribution in [0.25, 0.3) is 0 Å². The van der Waals surface area contributed by atoms with Gasteiger partial charge < -0.3 is 26.0 Å². The van der Waals surface area contributed by atoms with Crippen LogP contribution in [0.1, 0.15) is 69.9 Å². The van der Waals surface area contributed by atoms with Crippen LogP contribution in [0.5, 0.6) is 0 Å². The fourth-order valence-electron chi connectivity index (χ4n) is 5.99. The van der Waals surface area contributed by atoms with Gasteiger partial charge in [0, 0.05) is 25.8 Å². The van der Waals surface area contributed by atoms with Crippen molar-refractivity contribution in [3.63, 3.8) is 0 Å². The number of nitrogens with one attached hydrogen (secondary N) is 3. The summed E-state index contributed by atoms with van der Waals surface area (Å²) in [5.74, 6) is -1.92. The summed E-state index contributed by atoms with van der Waals surface area (Å²) in [6.07, 6.45) is 2.74. The SMILES string of the molecule is C[C@@H](O)C(=O)CCCCC[C@@H]1NC(=O)[C@H]2CCCN2C(=O)[C@H](Cc2ccccc2)NC(=O)[C@](C)(Cc2ccccc2)NC1=O. The predicted molar refractivity (Wildman–Crippen MR) is 165 cm³/mol. The number of hydrogen-bond acceptors (Lipinski definition) is 6. The maximum absolute atomic E-state index is 14.1. The molecule has 5 atom stereocenters. The number of carbonyl (C=O) groups excluding carboxylic acids is 5. The second-order valence-electron chi connectivity index (χ2n) is 12.2. The number of unbranched alkanes of at least 4 members (excludes halogenated alkanes) is 2. The molecule has 2 saturated heterocycles. The molecular weight excluding hydrogens is 560 g/mol. The third kappa shape index (κ3) is 8.53. The van der Waals surface area contributed by atoms with Crippen LogP contribution in [0.15, 0.2) is 60.7 Å². The molecule has 236 valence electrons. The minimum atomic E-state index is -1.43. The molecule has 0 saturated carbocycles. The molecule has 2 aromatic rings. The van der Waals surface area contributed by atoms with E-state index in [4.69, 9.17) is 0 Å². The van der Waals surface area contributed by atoms with E-state index in [9.17, 15) is 29.1 Å². The zero-order valence-electron chi connectivity index (χ0n) is 25.6. The lowest BCUT2D eigenvalue weighted by Gasteiger charge is -2.36. The first-order valence-corrected chi connectivity index (χ1v) is 15.6. The number of benzene rings is 2. The maximum atomic E-state index is 14.1. The normalized spacial score (nSPS) is 25.2. The Morgan fingerprint density at radius 1 is 0.909 bits per heavy atom. The van der Waals surface area contributed by atoms with Gasteiger partial charge in [0.1, 0.15) is 29.8 Å². The van der Waals surface area contributed by atoms with Crippen molar-refractivity contribution in [2.75, 3.05) is 6.54 Å². The lowest BCUT2D eigenvalue weighted by Crippen LogP contribution is -2.66. The first-order chi connectivity index (χ1) is 21.1. The number of aliphatic hydroxyl groups is 1. The number of carbonyl (C=O) groups is 5. The third-order valence-corrected chi connectivity index (χ3v) is 8.54. The van der Waals surface area contributed by atoms with E-state index >= 15 is 0 Å². The Labute approximate surface area is 259 Å². The van der Waals surface area contributed by atoms with Gasteiger partial charge in [-0.3, -0.25) is 24.0 Å². The molecule has 10 nitrogen and oxygen atoms in total. The predicted octanol–water partition coefficient (Wildman–Crippen LogP) is 2.22. The van der Waals surface area contributed by atoms with Crippen LogP contribution in [0, 0.1) is 0 Å². The molecule has 2 fully saturated rings. The first kappa shape index (κ1) is 32.9. The van der Waals surface area contributed by atoms with E-state index in [2.05, 4.69) is 16.0 Å². The van der Waals surface area contributed by atoms with Crippen molar-refractivity contribution in [1.82, 2.24) is 20.9 Å². The molecule has 0 radical (unpaired) electrons. The van der Waals surface area contributed by atoms with Gasteiger partial charge in [-0.1, -0.05) is 73.5 Å². The molecule has 0 unspecified atom stereocenters. The molecule has 0 spiro atoms. The summed E-state index contributed by atoms with van der Waals surface area (Å²) in [6.45, 7) is 3.46. The largest absolute Gasteiger partial charge is 0.386 e. The van der Waals surface area contributed by atoms with Crippen LogP contribution in [0.2, 0.25) is 0 Å². The number of nitrogens with zero attached hydrogens (tertiary/aromatic N) is 1. The second-order valence-corrected chi connectivity index (χ2v) is 12.2. The fraction of sp³-hybridized carbons (Fsp3) is 0.500. The van der Waals surface area contributed by atoms with E-state index in [1.54, 1.807) is 6.92 Å². The highest BCUT2D eigenvalue weighted by atomic mass is 16.3. The Balaban J connectivity index is 1.62. The Morgan fingerprint density at radius 2 is 1.57 bits per heavy atom. The van der Waals surface area contributed by atoms with Crippen molar-refractivity contribution >= 4 is 29.4 Å². The van der Waals surface area contributed by atoms with Gasteiger partial charge in [-0.15, -0.1) is 0 Å². The molecule has 4 N–H and O–H groups in total. The number of aliphatic hydroxyl groups excluding tert-OH is 1. The van der Waals surface area contributed by atoms with Gasteiger partial charge in [0.15, 0.2) is 5.78 Å². The average Bonchev–Trinajstić information content (AvgIpc) is 3.50. The Hall–Kier alpha value is -4.05. The highest BCUT2D eigenvalue weighted by molar-refractivity contribution is 5.99. The standard InChI is InChI=1S/C34H44N4O6/c1-23(39)29(40)19-11-5-10-17-26-30(41)37-34(2,22-25-15-8-4-9-16-25)33(44)36-27(21-24-13-6-3-7-14-24)32(43)38-20-12-18-28(38)31(42)35-26/h3-4,6-9,13-16,23,26-28,39H,5,10-12,17-22H2,1-2H3,(H,35,42)(H,36,44)(H,37,41)/t23-,26+,27+,28-,34+/m1/s1. The van der Waals surface area contributed by atoms with Gasteiger partial charge in [0.05, 0.1) is 0 Å². The monoisotopic (exact) mass is 604 g/mol. The van der Waals surface area contributed by atoms with Crippen LogP contribution >= 0.6 is 0 Å². The Morgan fingerprint density at radius 3 is 2.23 bits per heavy atom. The summed E-state index contributed by atoms with van der Waals surface area (Å²) in [5, 5.41) is 18.2. The zero-order chi connectivity index (χ0) is 31.7. The van der Waals surface area contributed by atoms with Crippen molar-refractivity contribution < 1.29 is 29.1 Å². The van der Waals surface area contributed by atoms with Gasteiger partial charge in [-0.05, 0) is 50.7 Å². The Kier molecular flexibility index (Phi) is 11.3. The van der Waals surface area contributed by atoms with Crippen LogP contribution in [0.4, 0.5) is 0 Å². The maximum Gasteiger partial charge on any atom is 0.246 e. The number of hydrogen-bond donors (Lipinski definition) is 4. The molecule has 2 aliphatic heterocycles. The van der Waals surface area contributed by atoms with E-state index in [1.807, 2.05) is 60.7 Å². The van der Waals surface area contributed by atoms with E-state index < -0.39 is 47.5 Å². The molecule has 2 aromatic carbocycles. The van der Waals surface area contributed by atoms with E-state index in [1.165, 1.54) is 11.8 Å².